The maximum Gasteiger partial charge on any atom is 0.306 e. The third kappa shape index (κ3) is 4.72. The summed E-state index contributed by atoms with van der Waals surface area (Å²) < 4.78 is 0. The molecule has 0 aromatic rings. The molecule has 21 heavy (non-hydrogen) atoms. The topological polar surface area (TPSA) is 66.4 Å². The quantitative estimate of drug-likeness (QED) is 0.817. The van der Waals surface area contributed by atoms with Crippen molar-refractivity contribution in [3.8, 4) is 0 Å². The van der Waals surface area contributed by atoms with Crippen molar-refractivity contribution < 1.29 is 14.7 Å². The van der Waals surface area contributed by atoms with Crippen LogP contribution in [-0.4, -0.2) is 23.0 Å². The van der Waals surface area contributed by atoms with Gasteiger partial charge >= 0.3 is 5.97 Å². The number of carbonyl (C=O) groups excluding carboxylic acids is 1. The van der Waals surface area contributed by atoms with Crippen LogP contribution in [0.5, 0.6) is 0 Å². The number of aliphatic carboxylic acids is 1. The van der Waals surface area contributed by atoms with E-state index >= 15 is 0 Å². The molecule has 0 aromatic carbocycles. The highest BCUT2D eigenvalue weighted by molar-refractivity contribution is 5.80. The predicted octanol–water partition coefficient (Wildman–Crippen LogP) is 3.35. The summed E-state index contributed by atoms with van der Waals surface area (Å²) >= 11 is 0. The third-order valence-electron chi connectivity index (χ3n) is 5.28. The van der Waals surface area contributed by atoms with E-state index in [0.29, 0.717) is 12.5 Å². The Labute approximate surface area is 127 Å². The molecule has 2 fully saturated rings. The predicted molar refractivity (Wildman–Crippen MR) is 81.9 cm³/mol. The Morgan fingerprint density at radius 3 is 2.33 bits per heavy atom. The van der Waals surface area contributed by atoms with Crippen LogP contribution < -0.4 is 5.32 Å². The summed E-state index contributed by atoms with van der Waals surface area (Å²) in [5.74, 6) is -0.218. The van der Waals surface area contributed by atoms with Crippen LogP contribution in [0.25, 0.3) is 0 Å². The Hall–Kier alpha value is -1.06. The molecule has 0 spiro atoms. The zero-order chi connectivity index (χ0) is 15.2. The second kappa shape index (κ2) is 7.81. The van der Waals surface area contributed by atoms with E-state index in [9.17, 15) is 9.59 Å². The minimum atomic E-state index is -0.743. The van der Waals surface area contributed by atoms with E-state index < -0.39 is 5.97 Å². The first-order valence-electron chi connectivity index (χ1n) is 8.63. The van der Waals surface area contributed by atoms with Gasteiger partial charge in [-0.1, -0.05) is 26.2 Å². The lowest BCUT2D eigenvalue weighted by atomic mass is 9.80. The highest BCUT2D eigenvalue weighted by atomic mass is 16.4. The number of hydrogen-bond acceptors (Lipinski definition) is 2. The Balaban J connectivity index is 1.75. The molecule has 2 rings (SSSR count). The molecule has 120 valence electrons. The Morgan fingerprint density at radius 2 is 1.71 bits per heavy atom. The van der Waals surface area contributed by atoms with E-state index in [1.807, 2.05) is 0 Å². The second-order valence-corrected chi connectivity index (χ2v) is 6.91. The third-order valence-corrected chi connectivity index (χ3v) is 5.28. The van der Waals surface area contributed by atoms with Crippen molar-refractivity contribution in [2.75, 3.05) is 0 Å². The SMILES string of the molecule is CCCC1CCC(NC(=O)C2CCCC(C(=O)O)C2)CC1. The van der Waals surface area contributed by atoms with Crippen LogP contribution in [0.4, 0.5) is 0 Å². The minimum absolute atomic E-state index is 0.0896. The van der Waals surface area contributed by atoms with Crippen LogP contribution in [0.3, 0.4) is 0 Å². The summed E-state index contributed by atoms with van der Waals surface area (Å²) in [6.07, 6.45) is 10.1. The zero-order valence-corrected chi connectivity index (χ0v) is 13.1. The molecular formula is C17H29NO3. The van der Waals surface area contributed by atoms with Crippen LogP contribution >= 0.6 is 0 Å². The molecule has 0 radical (unpaired) electrons. The molecule has 2 saturated carbocycles. The number of amides is 1. The molecule has 4 nitrogen and oxygen atoms in total. The molecule has 0 aromatic heterocycles. The van der Waals surface area contributed by atoms with E-state index in [-0.39, 0.29) is 17.7 Å². The van der Waals surface area contributed by atoms with Crippen molar-refractivity contribution in [1.29, 1.82) is 0 Å². The molecule has 0 saturated heterocycles. The zero-order valence-electron chi connectivity index (χ0n) is 13.1. The van der Waals surface area contributed by atoms with Gasteiger partial charge in [-0.2, -0.15) is 0 Å². The maximum atomic E-state index is 12.3. The van der Waals surface area contributed by atoms with Crippen molar-refractivity contribution in [2.45, 2.75) is 77.2 Å². The van der Waals surface area contributed by atoms with E-state index in [4.69, 9.17) is 5.11 Å². The Kier molecular flexibility index (Phi) is 6.07. The van der Waals surface area contributed by atoms with Gasteiger partial charge in [0.1, 0.15) is 0 Å². The van der Waals surface area contributed by atoms with Gasteiger partial charge in [-0.25, -0.2) is 0 Å². The summed E-state index contributed by atoms with van der Waals surface area (Å²) in [5.41, 5.74) is 0. The van der Waals surface area contributed by atoms with Crippen molar-refractivity contribution in [1.82, 2.24) is 5.32 Å². The van der Waals surface area contributed by atoms with Gasteiger partial charge in [0.05, 0.1) is 5.92 Å². The van der Waals surface area contributed by atoms with Gasteiger partial charge < -0.3 is 10.4 Å². The van der Waals surface area contributed by atoms with Crippen molar-refractivity contribution in [2.24, 2.45) is 17.8 Å². The monoisotopic (exact) mass is 295 g/mol. The Bertz CT molecular complexity index is 361. The van der Waals surface area contributed by atoms with Crippen LogP contribution in [0, 0.1) is 17.8 Å². The van der Waals surface area contributed by atoms with E-state index in [2.05, 4.69) is 12.2 Å². The number of carboxylic acids is 1. The van der Waals surface area contributed by atoms with Crippen LogP contribution in [0.15, 0.2) is 0 Å². The molecule has 0 heterocycles. The highest BCUT2D eigenvalue weighted by Gasteiger charge is 2.32. The van der Waals surface area contributed by atoms with Crippen LogP contribution in [0.2, 0.25) is 0 Å². The number of carboxylic acid groups (broad SMARTS) is 1. The van der Waals surface area contributed by atoms with E-state index in [1.54, 1.807) is 0 Å². The summed E-state index contributed by atoms with van der Waals surface area (Å²) in [4.78, 5) is 23.4. The van der Waals surface area contributed by atoms with Crippen LogP contribution in [-0.2, 0) is 9.59 Å². The normalized spacial score (nSPS) is 33.4. The number of rotatable bonds is 5. The van der Waals surface area contributed by atoms with Gasteiger partial charge in [-0.15, -0.1) is 0 Å². The molecular weight excluding hydrogens is 266 g/mol. The van der Waals surface area contributed by atoms with Gasteiger partial charge in [0.15, 0.2) is 0 Å². The fourth-order valence-corrected chi connectivity index (χ4v) is 3.97. The lowest BCUT2D eigenvalue weighted by molar-refractivity contribution is -0.144. The minimum Gasteiger partial charge on any atom is -0.481 e. The average Bonchev–Trinajstić information content (AvgIpc) is 2.49. The standard InChI is InChI=1S/C17H29NO3/c1-2-4-12-7-9-15(10-8-12)18-16(19)13-5-3-6-14(11-13)17(20)21/h12-15H,2-11H2,1H3,(H,18,19)(H,20,21). The number of hydrogen-bond donors (Lipinski definition) is 2. The van der Waals surface area contributed by atoms with E-state index in [1.165, 1.54) is 25.7 Å². The summed E-state index contributed by atoms with van der Waals surface area (Å²) in [7, 11) is 0. The molecule has 2 aliphatic rings. The number of carbonyl (C=O) groups is 2. The summed E-state index contributed by atoms with van der Waals surface area (Å²) in [5, 5.41) is 12.3. The van der Waals surface area contributed by atoms with Gasteiger partial charge in [0.2, 0.25) is 5.91 Å². The number of nitrogens with one attached hydrogen (secondary N) is 1. The second-order valence-electron chi connectivity index (χ2n) is 6.91. The maximum absolute atomic E-state index is 12.3. The molecule has 1 amide bonds. The van der Waals surface area contributed by atoms with Crippen LogP contribution in [0.1, 0.15) is 71.1 Å². The molecule has 4 heteroatoms. The molecule has 2 unspecified atom stereocenters. The molecule has 0 aliphatic heterocycles. The molecule has 2 atom stereocenters. The first-order chi connectivity index (χ1) is 10.1. The summed E-state index contributed by atoms with van der Waals surface area (Å²) in [6.45, 7) is 2.23. The van der Waals surface area contributed by atoms with Gasteiger partial charge in [0, 0.05) is 12.0 Å². The largest absolute Gasteiger partial charge is 0.481 e. The lowest BCUT2D eigenvalue weighted by Gasteiger charge is -2.31. The molecule has 2 N–H and O–H groups in total. The van der Waals surface area contributed by atoms with Crippen molar-refractivity contribution >= 4 is 11.9 Å². The van der Waals surface area contributed by atoms with E-state index in [0.717, 1.165) is 38.0 Å². The lowest BCUT2D eigenvalue weighted by Crippen LogP contribution is -2.42. The highest BCUT2D eigenvalue weighted by Crippen LogP contribution is 2.31. The fourth-order valence-electron chi connectivity index (χ4n) is 3.97. The first kappa shape index (κ1) is 16.3. The van der Waals surface area contributed by atoms with Gasteiger partial charge in [0.25, 0.3) is 0 Å². The first-order valence-corrected chi connectivity index (χ1v) is 8.63. The smallest absolute Gasteiger partial charge is 0.306 e. The molecule has 0 bridgehead atoms. The average molecular weight is 295 g/mol. The summed E-state index contributed by atoms with van der Waals surface area (Å²) in [6, 6.07) is 0.316. The molecule has 2 aliphatic carbocycles. The van der Waals surface area contributed by atoms with Crippen molar-refractivity contribution in [3.63, 3.8) is 0 Å². The fraction of sp³-hybridized carbons (Fsp3) is 0.882. The Morgan fingerprint density at radius 1 is 1.05 bits per heavy atom. The van der Waals surface area contributed by atoms with Gasteiger partial charge in [-0.05, 0) is 50.9 Å². The van der Waals surface area contributed by atoms with Crippen molar-refractivity contribution in [3.05, 3.63) is 0 Å². The van der Waals surface area contributed by atoms with Gasteiger partial charge in [-0.3, -0.25) is 9.59 Å².